The maximum atomic E-state index is 6.18. The van der Waals surface area contributed by atoms with Crippen molar-refractivity contribution in [3.63, 3.8) is 0 Å². The summed E-state index contributed by atoms with van der Waals surface area (Å²) in [6.07, 6.45) is 0. The first-order valence-corrected chi connectivity index (χ1v) is 7.17. The van der Waals surface area contributed by atoms with E-state index >= 15 is 0 Å². The van der Waals surface area contributed by atoms with E-state index in [0.717, 1.165) is 11.1 Å². The van der Waals surface area contributed by atoms with Crippen molar-refractivity contribution < 1.29 is 4.74 Å². The topological polar surface area (TPSA) is 21.3 Å². The van der Waals surface area contributed by atoms with Crippen molar-refractivity contribution in [2.45, 2.75) is 13.2 Å². The second kappa shape index (κ2) is 6.43. The van der Waals surface area contributed by atoms with Crippen molar-refractivity contribution in [3.05, 3.63) is 50.1 Å². The Labute approximate surface area is 120 Å². The molecule has 1 N–H and O–H groups in total. The van der Waals surface area contributed by atoms with Gasteiger partial charge in [-0.1, -0.05) is 23.2 Å². The molecule has 0 aliphatic heterocycles. The van der Waals surface area contributed by atoms with E-state index in [2.05, 4.69) is 10.7 Å². The lowest BCUT2D eigenvalue weighted by Crippen LogP contribution is -2.08. The van der Waals surface area contributed by atoms with Gasteiger partial charge in [0, 0.05) is 17.1 Å². The summed E-state index contributed by atoms with van der Waals surface area (Å²) in [5.41, 5.74) is 2.10. The Kier molecular flexibility index (Phi) is 4.89. The van der Waals surface area contributed by atoms with Gasteiger partial charge in [0.2, 0.25) is 0 Å². The number of hydrogen-bond acceptors (Lipinski definition) is 3. The van der Waals surface area contributed by atoms with Crippen LogP contribution in [0.4, 0.5) is 0 Å². The molecule has 96 valence electrons. The van der Waals surface area contributed by atoms with E-state index < -0.39 is 0 Å². The normalized spacial score (nSPS) is 10.6. The Bertz CT molecular complexity index is 514. The van der Waals surface area contributed by atoms with Gasteiger partial charge in [-0.15, -0.1) is 0 Å². The number of halogens is 2. The summed E-state index contributed by atoms with van der Waals surface area (Å²) < 4.78 is 5.80. The molecule has 1 aromatic carbocycles. The molecule has 0 atom stereocenters. The monoisotopic (exact) mass is 301 g/mol. The number of hydrogen-bond donors (Lipinski definition) is 1. The van der Waals surface area contributed by atoms with Gasteiger partial charge in [-0.2, -0.15) is 11.3 Å². The van der Waals surface area contributed by atoms with E-state index in [4.69, 9.17) is 27.9 Å². The average Bonchev–Trinajstić information content (AvgIpc) is 2.81. The molecule has 0 unspecified atom stereocenters. The van der Waals surface area contributed by atoms with Gasteiger partial charge in [0.15, 0.2) is 0 Å². The van der Waals surface area contributed by atoms with Crippen LogP contribution in [0.25, 0.3) is 0 Å². The maximum absolute atomic E-state index is 6.18. The summed E-state index contributed by atoms with van der Waals surface area (Å²) in [5.74, 6) is 0.696. The lowest BCUT2D eigenvalue weighted by molar-refractivity contribution is 0.303. The van der Waals surface area contributed by atoms with Crippen molar-refractivity contribution in [3.8, 4) is 5.75 Å². The SMILES string of the molecule is CNCc1cc(Cl)cc(Cl)c1OCc1ccsc1. The highest BCUT2D eigenvalue weighted by Gasteiger charge is 2.10. The molecule has 0 bridgehead atoms. The minimum absolute atomic E-state index is 0.515. The zero-order chi connectivity index (χ0) is 13.0. The fourth-order valence-electron chi connectivity index (χ4n) is 1.63. The van der Waals surface area contributed by atoms with Gasteiger partial charge < -0.3 is 10.1 Å². The minimum Gasteiger partial charge on any atom is -0.487 e. The van der Waals surface area contributed by atoms with Crippen LogP contribution in [-0.2, 0) is 13.2 Å². The average molecular weight is 302 g/mol. The molecule has 0 radical (unpaired) electrons. The Morgan fingerprint density at radius 1 is 1.33 bits per heavy atom. The summed E-state index contributed by atoms with van der Waals surface area (Å²) >= 11 is 13.8. The molecule has 2 aromatic rings. The van der Waals surface area contributed by atoms with Crippen LogP contribution in [0.3, 0.4) is 0 Å². The van der Waals surface area contributed by atoms with Crippen LogP contribution in [0.15, 0.2) is 29.0 Å². The first-order valence-electron chi connectivity index (χ1n) is 5.47. The highest BCUT2D eigenvalue weighted by molar-refractivity contribution is 7.07. The van der Waals surface area contributed by atoms with Crippen LogP contribution >= 0.6 is 34.5 Å². The van der Waals surface area contributed by atoms with E-state index in [0.29, 0.717) is 28.9 Å². The summed E-state index contributed by atoms with van der Waals surface area (Å²) in [6, 6.07) is 5.60. The van der Waals surface area contributed by atoms with Gasteiger partial charge >= 0.3 is 0 Å². The highest BCUT2D eigenvalue weighted by atomic mass is 35.5. The summed E-state index contributed by atoms with van der Waals surface area (Å²) in [5, 5.41) is 8.32. The fraction of sp³-hybridized carbons (Fsp3) is 0.231. The second-order valence-corrected chi connectivity index (χ2v) is 5.45. The lowest BCUT2D eigenvalue weighted by atomic mass is 10.2. The van der Waals surface area contributed by atoms with Gasteiger partial charge in [-0.25, -0.2) is 0 Å². The van der Waals surface area contributed by atoms with Crippen molar-refractivity contribution in [1.29, 1.82) is 0 Å². The van der Waals surface area contributed by atoms with Crippen molar-refractivity contribution in [1.82, 2.24) is 5.32 Å². The maximum Gasteiger partial charge on any atom is 0.142 e. The molecular formula is C13H13Cl2NOS. The summed E-state index contributed by atoms with van der Waals surface area (Å²) in [4.78, 5) is 0. The molecule has 5 heteroatoms. The third-order valence-corrected chi connectivity index (χ3v) is 3.65. The molecule has 0 saturated heterocycles. The van der Waals surface area contributed by atoms with Crippen LogP contribution in [0, 0.1) is 0 Å². The second-order valence-electron chi connectivity index (χ2n) is 3.83. The van der Waals surface area contributed by atoms with Crippen LogP contribution < -0.4 is 10.1 Å². The third-order valence-electron chi connectivity index (χ3n) is 2.42. The molecule has 18 heavy (non-hydrogen) atoms. The van der Waals surface area contributed by atoms with Crippen molar-refractivity contribution >= 4 is 34.5 Å². The van der Waals surface area contributed by atoms with Gasteiger partial charge in [0.05, 0.1) is 5.02 Å². The molecular weight excluding hydrogens is 289 g/mol. The zero-order valence-electron chi connectivity index (χ0n) is 9.87. The number of nitrogens with one attached hydrogen (secondary N) is 1. The van der Waals surface area contributed by atoms with E-state index in [1.165, 1.54) is 0 Å². The Morgan fingerprint density at radius 3 is 2.83 bits per heavy atom. The number of thiophene rings is 1. The van der Waals surface area contributed by atoms with E-state index in [9.17, 15) is 0 Å². The van der Waals surface area contributed by atoms with Gasteiger partial charge in [0.25, 0.3) is 0 Å². The molecule has 0 amide bonds. The molecule has 1 aromatic heterocycles. The molecule has 1 heterocycles. The van der Waals surface area contributed by atoms with Crippen LogP contribution in [0.1, 0.15) is 11.1 Å². The van der Waals surface area contributed by atoms with Gasteiger partial charge in [-0.3, -0.25) is 0 Å². The molecule has 0 aliphatic carbocycles. The molecule has 0 aliphatic rings. The van der Waals surface area contributed by atoms with Crippen molar-refractivity contribution in [2.24, 2.45) is 0 Å². The Balaban J connectivity index is 2.19. The Hall–Kier alpha value is -0.740. The number of rotatable bonds is 5. The molecule has 0 fully saturated rings. The molecule has 2 nitrogen and oxygen atoms in total. The largest absolute Gasteiger partial charge is 0.487 e. The van der Waals surface area contributed by atoms with Gasteiger partial charge in [0.1, 0.15) is 12.4 Å². The standard InChI is InChI=1S/C13H13Cl2NOS/c1-16-6-10-4-11(14)5-12(15)13(10)17-7-9-2-3-18-8-9/h2-5,8,16H,6-7H2,1H3. The van der Waals surface area contributed by atoms with Crippen LogP contribution in [0.2, 0.25) is 10.0 Å². The Morgan fingerprint density at radius 2 is 2.17 bits per heavy atom. The summed E-state index contributed by atoms with van der Waals surface area (Å²) in [6.45, 7) is 1.18. The van der Waals surface area contributed by atoms with Crippen LogP contribution in [-0.4, -0.2) is 7.05 Å². The third kappa shape index (κ3) is 3.39. The first kappa shape index (κ1) is 13.7. The lowest BCUT2D eigenvalue weighted by Gasteiger charge is -2.13. The zero-order valence-corrected chi connectivity index (χ0v) is 12.2. The highest BCUT2D eigenvalue weighted by Crippen LogP contribution is 2.33. The smallest absolute Gasteiger partial charge is 0.142 e. The molecule has 0 spiro atoms. The van der Waals surface area contributed by atoms with Crippen LogP contribution in [0.5, 0.6) is 5.75 Å². The van der Waals surface area contributed by atoms with E-state index in [-0.39, 0.29) is 0 Å². The minimum atomic E-state index is 0.515. The fourth-order valence-corrected chi connectivity index (χ4v) is 2.87. The molecule has 0 saturated carbocycles. The molecule has 2 rings (SSSR count). The quantitative estimate of drug-likeness (QED) is 0.886. The number of benzene rings is 1. The van der Waals surface area contributed by atoms with Gasteiger partial charge in [-0.05, 0) is 41.6 Å². The van der Waals surface area contributed by atoms with Crippen molar-refractivity contribution in [2.75, 3.05) is 7.05 Å². The predicted molar refractivity (Wildman–Crippen MR) is 77.9 cm³/mol. The van der Waals surface area contributed by atoms with E-state index in [1.807, 2.05) is 24.6 Å². The van der Waals surface area contributed by atoms with E-state index in [1.54, 1.807) is 17.4 Å². The first-order chi connectivity index (χ1) is 8.70. The predicted octanol–water partition coefficient (Wildman–Crippen LogP) is 4.35. The number of ether oxygens (including phenoxy) is 1. The summed E-state index contributed by atoms with van der Waals surface area (Å²) in [7, 11) is 1.87.